The number of nitrogens with one attached hydrogen (secondary N) is 2. The van der Waals surface area contributed by atoms with Crippen molar-refractivity contribution in [3.8, 4) is 0 Å². The largest absolute Gasteiger partial charge is 0.336 e. The smallest absolute Gasteiger partial charge is 0.322 e. The minimum absolute atomic E-state index is 0.0388. The fourth-order valence-electron chi connectivity index (χ4n) is 3.12. The van der Waals surface area contributed by atoms with Gasteiger partial charge in [0.05, 0.1) is 13.0 Å². The van der Waals surface area contributed by atoms with Crippen molar-refractivity contribution in [3.63, 3.8) is 0 Å². The summed E-state index contributed by atoms with van der Waals surface area (Å²) in [6.45, 7) is 4.05. The van der Waals surface area contributed by atoms with Gasteiger partial charge in [-0.15, -0.1) is 0 Å². The first-order valence-corrected chi connectivity index (χ1v) is 10.2. The van der Waals surface area contributed by atoms with Crippen LogP contribution < -0.4 is 15.5 Å². The van der Waals surface area contributed by atoms with E-state index in [0.29, 0.717) is 5.69 Å². The van der Waals surface area contributed by atoms with Crippen LogP contribution in [-0.2, 0) is 17.8 Å². The molecule has 3 rings (SSSR count). The molecule has 2 N–H and O–H groups in total. The Bertz CT molecular complexity index is 1020. The minimum Gasteiger partial charge on any atom is -0.336 e. The second-order valence-corrected chi connectivity index (χ2v) is 7.58. The molecular formula is C25H26FN3O2. The molecule has 0 fully saturated rings. The van der Waals surface area contributed by atoms with Gasteiger partial charge < -0.3 is 10.6 Å². The van der Waals surface area contributed by atoms with Gasteiger partial charge in [0.1, 0.15) is 5.82 Å². The zero-order valence-electron chi connectivity index (χ0n) is 17.6. The SMILES string of the molecule is CC(C)NC(=O)N(Cc1ccc(F)cc1)c1cccc(CC(=O)Nc2ccccc2)c1. The molecule has 0 aromatic heterocycles. The Kier molecular flexibility index (Phi) is 7.38. The average molecular weight is 420 g/mol. The van der Waals surface area contributed by atoms with Crippen molar-refractivity contribution in [1.82, 2.24) is 5.32 Å². The Labute approximate surface area is 181 Å². The van der Waals surface area contributed by atoms with Gasteiger partial charge in [0.15, 0.2) is 0 Å². The number of rotatable bonds is 7. The maximum atomic E-state index is 13.3. The first-order valence-electron chi connectivity index (χ1n) is 10.2. The molecule has 3 amide bonds. The highest BCUT2D eigenvalue weighted by Crippen LogP contribution is 2.20. The summed E-state index contributed by atoms with van der Waals surface area (Å²) in [5.74, 6) is -0.464. The number of hydrogen-bond acceptors (Lipinski definition) is 2. The lowest BCUT2D eigenvalue weighted by atomic mass is 10.1. The summed E-state index contributed by atoms with van der Waals surface area (Å²) in [7, 11) is 0. The van der Waals surface area contributed by atoms with Crippen LogP contribution in [0, 0.1) is 5.82 Å². The molecule has 0 bridgehead atoms. The first kappa shape index (κ1) is 22.0. The van der Waals surface area contributed by atoms with Crippen molar-refractivity contribution in [2.75, 3.05) is 10.2 Å². The van der Waals surface area contributed by atoms with Crippen molar-refractivity contribution in [3.05, 3.63) is 95.8 Å². The quantitative estimate of drug-likeness (QED) is 0.558. The third-order valence-electron chi connectivity index (χ3n) is 4.56. The van der Waals surface area contributed by atoms with Crippen LogP contribution in [0.25, 0.3) is 0 Å². The van der Waals surface area contributed by atoms with Crippen molar-refractivity contribution >= 4 is 23.3 Å². The third kappa shape index (κ3) is 6.67. The summed E-state index contributed by atoms with van der Waals surface area (Å²) in [5, 5.41) is 5.77. The van der Waals surface area contributed by atoms with E-state index in [1.807, 2.05) is 68.4 Å². The molecule has 0 radical (unpaired) electrons. The van der Waals surface area contributed by atoms with Crippen LogP contribution in [0.2, 0.25) is 0 Å². The summed E-state index contributed by atoms with van der Waals surface area (Å²) in [5.41, 5.74) is 2.98. The van der Waals surface area contributed by atoms with Gasteiger partial charge in [0, 0.05) is 17.4 Å². The van der Waals surface area contributed by atoms with Crippen LogP contribution in [0.4, 0.5) is 20.6 Å². The summed E-state index contributed by atoms with van der Waals surface area (Å²) < 4.78 is 13.3. The van der Waals surface area contributed by atoms with Crippen LogP contribution in [-0.4, -0.2) is 18.0 Å². The fraction of sp³-hybridized carbons (Fsp3) is 0.200. The monoisotopic (exact) mass is 419 g/mol. The van der Waals surface area contributed by atoms with E-state index < -0.39 is 0 Å². The number of carbonyl (C=O) groups excluding carboxylic acids is 2. The molecule has 31 heavy (non-hydrogen) atoms. The van der Waals surface area contributed by atoms with Crippen LogP contribution in [0.3, 0.4) is 0 Å². The molecule has 0 saturated heterocycles. The van der Waals surface area contributed by atoms with E-state index in [4.69, 9.17) is 0 Å². The van der Waals surface area contributed by atoms with Crippen molar-refractivity contribution in [1.29, 1.82) is 0 Å². The van der Waals surface area contributed by atoms with Gasteiger partial charge in [-0.05, 0) is 61.4 Å². The number of para-hydroxylation sites is 1. The highest BCUT2D eigenvalue weighted by atomic mass is 19.1. The van der Waals surface area contributed by atoms with Gasteiger partial charge >= 0.3 is 6.03 Å². The molecule has 160 valence electrons. The summed E-state index contributed by atoms with van der Waals surface area (Å²) in [6.07, 6.45) is 0.179. The summed E-state index contributed by atoms with van der Waals surface area (Å²) in [6, 6.07) is 22.3. The molecule has 5 nitrogen and oxygen atoms in total. The normalized spacial score (nSPS) is 10.6. The Morgan fingerprint density at radius 2 is 1.61 bits per heavy atom. The molecule has 6 heteroatoms. The van der Waals surface area contributed by atoms with E-state index in [0.717, 1.165) is 16.8 Å². The number of anilines is 2. The molecule has 3 aromatic rings. The second-order valence-electron chi connectivity index (χ2n) is 7.58. The van der Waals surface area contributed by atoms with Gasteiger partial charge in [-0.1, -0.05) is 42.5 Å². The van der Waals surface area contributed by atoms with E-state index in [-0.39, 0.29) is 36.8 Å². The standard InChI is InChI=1S/C25H26FN3O2/c1-18(2)27-25(31)29(17-19-11-13-21(26)14-12-19)23-10-6-7-20(15-23)16-24(30)28-22-8-4-3-5-9-22/h3-15,18H,16-17H2,1-2H3,(H,27,31)(H,28,30). The lowest BCUT2D eigenvalue weighted by Crippen LogP contribution is -2.42. The molecular weight excluding hydrogens is 393 g/mol. The number of hydrogen-bond donors (Lipinski definition) is 2. The molecule has 0 aliphatic carbocycles. The predicted molar refractivity (Wildman–Crippen MR) is 121 cm³/mol. The highest BCUT2D eigenvalue weighted by molar-refractivity contribution is 5.94. The third-order valence-corrected chi connectivity index (χ3v) is 4.56. The maximum absolute atomic E-state index is 13.3. The van der Waals surface area contributed by atoms with Gasteiger partial charge in [-0.25, -0.2) is 9.18 Å². The number of amides is 3. The van der Waals surface area contributed by atoms with Crippen LogP contribution in [0.1, 0.15) is 25.0 Å². The fourth-order valence-corrected chi connectivity index (χ4v) is 3.12. The molecule has 3 aromatic carbocycles. The van der Waals surface area contributed by atoms with E-state index in [1.54, 1.807) is 17.0 Å². The lowest BCUT2D eigenvalue weighted by Gasteiger charge is -2.25. The van der Waals surface area contributed by atoms with Crippen molar-refractivity contribution < 1.29 is 14.0 Å². The zero-order valence-corrected chi connectivity index (χ0v) is 17.6. The molecule has 0 heterocycles. The number of benzene rings is 3. The maximum Gasteiger partial charge on any atom is 0.322 e. The van der Waals surface area contributed by atoms with Gasteiger partial charge in [0.2, 0.25) is 5.91 Å². The first-order chi connectivity index (χ1) is 14.9. The number of halogens is 1. The van der Waals surface area contributed by atoms with Gasteiger partial charge in [-0.2, -0.15) is 0 Å². The molecule has 0 unspecified atom stereocenters. The predicted octanol–water partition coefficient (Wildman–Crippen LogP) is 5.13. The summed E-state index contributed by atoms with van der Waals surface area (Å²) >= 11 is 0. The minimum atomic E-state index is -0.326. The van der Waals surface area contributed by atoms with E-state index >= 15 is 0 Å². The number of carbonyl (C=O) groups is 2. The Morgan fingerprint density at radius 1 is 0.903 bits per heavy atom. The van der Waals surface area contributed by atoms with Crippen molar-refractivity contribution in [2.45, 2.75) is 32.9 Å². The number of nitrogens with zero attached hydrogens (tertiary/aromatic N) is 1. The molecule has 0 spiro atoms. The van der Waals surface area contributed by atoms with E-state index in [2.05, 4.69) is 10.6 Å². The lowest BCUT2D eigenvalue weighted by molar-refractivity contribution is -0.115. The van der Waals surface area contributed by atoms with Crippen LogP contribution in [0.5, 0.6) is 0 Å². The second kappa shape index (κ2) is 10.4. The Morgan fingerprint density at radius 3 is 2.29 bits per heavy atom. The molecule has 0 saturated carbocycles. The van der Waals surface area contributed by atoms with E-state index in [9.17, 15) is 14.0 Å². The highest BCUT2D eigenvalue weighted by Gasteiger charge is 2.18. The van der Waals surface area contributed by atoms with Crippen molar-refractivity contribution in [2.24, 2.45) is 0 Å². The van der Waals surface area contributed by atoms with Gasteiger partial charge in [0.25, 0.3) is 0 Å². The topological polar surface area (TPSA) is 61.4 Å². The molecule has 0 aliphatic rings. The number of urea groups is 1. The summed E-state index contributed by atoms with van der Waals surface area (Å²) in [4.78, 5) is 26.9. The van der Waals surface area contributed by atoms with Gasteiger partial charge in [-0.3, -0.25) is 9.69 Å². The molecule has 0 aliphatic heterocycles. The van der Waals surface area contributed by atoms with E-state index in [1.165, 1.54) is 12.1 Å². The zero-order chi connectivity index (χ0) is 22.2. The Balaban J connectivity index is 1.79. The van der Waals surface area contributed by atoms with Crippen LogP contribution in [0.15, 0.2) is 78.9 Å². The Hall–Kier alpha value is -3.67. The average Bonchev–Trinajstić information content (AvgIpc) is 2.73. The molecule has 0 atom stereocenters. The van der Waals surface area contributed by atoms with Crippen LogP contribution >= 0.6 is 0 Å².